The Morgan fingerprint density at radius 3 is 3.00 bits per heavy atom. The molecule has 2 aromatic rings. The number of nitrogens with zero attached hydrogens (tertiary/aromatic N) is 2. The van der Waals surface area contributed by atoms with Gasteiger partial charge >= 0.3 is 0 Å². The van der Waals surface area contributed by atoms with Crippen molar-refractivity contribution in [1.29, 1.82) is 0 Å². The van der Waals surface area contributed by atoms with Crippen molar-refractivity contribution < 1.29 is 4.79 Å². The highest BCUT2D eigenvalue weighted by Gasteiger charge is 2.10. The highest BCUT2D eigenvalue weighted by Crippen LogP contribution is 2.19. The Morgan fingerprint density at radius 2 is 2.32 bits per heavy atom. The van der Waals surface area contributed by atoms with Crippen molar-refractivity contribution in [2.45, 2.75) is 26.9 Å². The van der Waals surface area contributed by atoms with E-state index in [-0.39, 0.29) is 12.5 Å². The van der Waals surface area contributed by atoms with Gasteiger partial charge in [0.05, 0.1) is 0 Å². The number of carbonyl (C=O) groups is 1. The molecule has 0 bridgehead atoms. The molecule has 5 heteroatoms. The number of hydrogen-bond acceptors (Lipinski definition) is 3. The molecule has 0 saturated carbocycles. The molecule has 19 heavy (non-hydrogen) atoms. The Hall–Kier alpha value is -1.88. The van der Waals surface area contributed by atoms with Gasteiger partial charge in [-0.3, -0.25) is 4.79 Å². The zero-order valence-corrected chi connectivity index (χ0v) is 11.4. The van der Waals surface area contributed by atoms with Gasteiger partial charge in [0, 0.05) is 24.3 Å². The van der Waals surface area contributed by atoms with E-state index in [9.17, 15) is 4.79 Å². The molecule has 0 atom stereocenters. The Morgan fingerprint density at radius 1 is 1.53 bits per heavy atom. The van der Waals surface area contributed by atoms with Crippen molar-refractivity contribution in [1.82, 2.24) is 14.9 Å². The molecule has 0 fully saturated rings. The van der Waals surface area contributed by atoms with Gasteiger partial charge in [0.15, 0.2) is 0 Å². The number of nitrogens with one attached hydrogen (secondary N) is 1. The summed E-state index contributed by atoms with van der Waals surface area (Å²) in [4.78, 5) is 15.4. The molecule has 3 N–H and O–H groups in total. The van der Waals surface area contributed by atoms with Crippen LogP contribution in [0.3, 0.4) is 0 Å². The zero-order valence-electron chi connectivity index (χ0n) is 11.4. The minimum atomic E-state index is -0.357. The van der Waals surface area contributed by atoms with E-state index in [1.807, 2.05) is 22.9 Å². The van der Waals surface area contributed by atoms with Crippen molar-refractivity contribution in [3.8, 4) is 0 Å². The third kappa shape index (κ3) is 3.32. The Balaban J connectivity index is 2.25. The summed E-state index contributed by atoms with van der Waals surface area (Å²) < 4.78 is 1.81. The van der Waals surface area contributed by atoms with Gasteiger partial charge in [-0.15, -0.1) is 0 Å². The molecular formula is C14H20N4O. The van der Waals surface area contributed by atoms with Gasteiger partial charge in [-0.25, -0.2) is 4.98 Å². The number of hydrogen-bond donors (Lipinski definition) is 2. The molecule has 2 heterocycles. The van der Waals surface area contributed by atoms with E-state index in [2.05, 4.69) is 24.1 Å². The maximum atomic E-state index is 11.1. The molecule has 102 valence electrons. The van der Waals surface area contributed by atoms with Crippen LogP contribution in [0.2, 0.25) is 0 Å². The van der Waals surface area contributed by atoms with Crippen LogP contribution >= 0.6 is 0 Å². The fraction of sp³-hybridized carbons (Fsp3) is 0.429. The number of primary amides is 1. The average Bonchev–Trinajstić information content (AvgIpc) is 2.67. The molecule has 1 amide bonds. The van der Waals surface area contributed by atoms with E-state index >= 15 is 0 Å². The second-order valence-electron chi connectivity index (χ2n) is 5.15. The van der Waals surface area contributed by atoms with Gasteiger partial charge in [-0.05, 0) is 30.2 Å². The highest BCUT2D eigenvalue weighted by atomic mass is 16.1. The topological polar surface area (TPSA) is 72.9 Å². The fourth-order valence-corrected chi connectivity index (χ4v) is 2.12. The molecule has 0 aliphatic carbocycles. The van der Waals surface area contributed by atoms with Crippen molar-refractivity contribution in [3.05, 3.63) is 30.1 Å². The molecule has 2 aromatic heterocycles. The molecule has 0 saturated heterocycles. The van der Waals surface area contributed by atoms with Crippen molar-refractivity contribution in [2.75, 3.05) is 6.54 Å². The summed E-state index contributed by atoms with van der Waals surface area (Å²) in [5.74, 6) is 0.251. The van der Waals surface area contributed by atoms with E-state index in [4.69, 9.17) is 5.73 Å². The number of aromatic nitrogens is 2. The third-order valence-electron chi connectivity index (χ3n) is 2.91. The fourth-order valence-electron chi connectivity index (χ4n) is 2.12. The second-order valence-corrected chi connectivity index (χ2v) is 5.15. The first-order valence-electron chi connectivity index (χ1n) is 6.49. The first-order valence-corrected chi connectivity index (χ1v) is 6.49. The van der Waals surface area contributed by atoms with Crippen molar-refractivity contribution in [3.63, 3.8) is 0 Å². The number of carbonyl (C=O) groups excluding carboxylic acids is 1. The Labute approximate surface area is 112 Å². The van der Waals surface area contributed by atoms with E-state index < -0.39 is 0 Å². The van der Waals surface area contributed by atoms with Crippen LogP contribution in [0.25, 0.3) is 11.0 Å². The molecule has 0 aliphatic rings. The first kappa shape index (κ1) is 13.5. The molecule has 5 nitrogen and oxygen atoms in total. The predicted octanol–water partition coefficient (Wildman–Crippen LogP) is 1.27. The van der Waals surface area contributed by atoms with Crippen molar-refractivity contribution >= 4 is 16.9 Å². The van der Waals surface area contributed by atoms with Crippen LogP contribution in [-0.2, 0) is 17.9 Å². The number of amides is 1. The predicted molar refractivity (Wildman–Crippen MR) is 75.5 cm³/mol. The smallest absolute Gasteiger partial charge is 0.237 e. The average molecular weight is 260 g/mol. The standard InChI is InChI=1S/C14H20N4O/c1-10(2)6-16-7-11-8-18(9-13(15)19)14-12(11)4-3-5-17-14/h3-5,8,10,16H,6-7,9H2,1-2H3,(H2,15,19). The van der Waals surface area contributed by atoms with Crippen molar-refractivity contribution in [2.24, 2.45) is 11.7 Å². The molecule has 0 aromatic carbocycles. The molecular weight excluding hydrogens is 240 g/mol. The lowest BCUT2D eigenvalue weighted by atomic mass is 10.2. The van der Waals surface area contributed by atoms with E-state index in [1.165, 1.54) is 0 Å². The molecule has 0 aliphatic heterocycles. The van der Waals surface area contributed by atoms with Crippen LogP contribution in [0.5, 0.6) is 0 Å². The Kier molecular flexibility index (Phi) is 4.16. The lowest BCUT2D eigenvalue weighted by Gasteiger charge is -2.06. The van der Waals surface area contributed by atoms with Gasteiger partial charge in [0.2, 0.25) is 5.91 Å². The van der Waals surface area contributed by atoms with Gasteiger partial charge in [-0.2, -0.15) is 0 Å². The molecule has 0 spiro atoms. The van der Waals surface area contributed by atoms with Crippen LogP contribution in [0, 0.1) is 5.92 Å². The summed E-state index contributed by atoms with van der Waals surface area (Å²) in [6.45, 7) is 6.24. The minimum Gasteiger partial charge on any atom is -0.368 e. The van der Waals surface area contributed by atoms with Gasteiger partial charge in [0.25, 0.3) is 0 Å². The zero-order chi connectivity index (χ0) is 13.8. The quantitative estimate of drug-likeness (QED) is 0.821. The summed E-state index contributed by atoms with van der Waals surface area (Å²) in [6, 6.07) is 3.93. The molecule has 0 radical (unpaired) electrons. The Bertz CT molecular complexity index is 574. The van der Waals surface area contributed by atoms with Crippen LogP contribution < -0.4 is 11.1 Å². The van der Waals surface area contributed by atoms with E-state index in [0.29, 0.717) is 5.92 Å². The van der Waals surface area contributed by atoms with Crippen LogP contribution in [0.15, 0.2) is 24.5 Å². The van der Waals surface area contributed by atoms with Gasteiger partial charge in [-0.1, -0.05) is 13.8 Å². The maximum absolute atomic E-state index is 11.1. The molecule has 0 unspecified atom stereocenters. The first-order chi connectivity index (χ1) is 9.08. The second kappa shape index (κ2) is 5.84. The minimum absolute atomic E-state index is 0.164. The van der Waals surface area contributed by atoms with E-state index in [1.54, 1.807) is 6.20 Å². The number of nitrogens with two attached hydrogens (primary N) is 1. The lowest BCUT2D eigenvalue weighted by Crippen LogP contribution is -2.19. The summed E-state index contributed by atoms with van der Waals surface area (Å²) in [5, 5.41) is 4.47. The van der Waals surface area contributed by atoms with Crippen LogP contribution in [0.4, 0.5) is 0 Å². The molecule has 2 rings (SSSR count). The van der Waals surface area contributed by atoms with Crippen LogP contribution in [0.1, 0.15) is 19.4 Å². The van der Waals surface area contributed by atoms with Gasteiger partial charge < -0.3 is 15.6 Å². The number of fused-ring (bicyclic) bond motifs is 1. The van der Waals surface area contributed by atoms with Crippen LogP contribution in [-0.4, -0.2) is 22.0 Å². The summed E-state index contributed by atoms with van der Waals surface area (Å²) in [6.07, 6.45) is 3.68. The lowest BCUT2D eigenvalue weighted by molar-refractivity contribution is -0.118. The summed E-state index contributed by atoms with van der Waals surface area (Å²) in [5.41, 5.74) is 7.21. The maximum Gasteiger partial charge on any atom is 0.237 e. The number of rotatable bonds is 6. The summed E-state index contributed by atoms with van der Waals surface area (Å²) >= 11 is 0. The largest absolute Gasteiger partial charge is 0.368 e. The SMILES string of the molecule is CC(C)CNCc1cn(CC(N)=O)c2ncccc12. The highest BCUT2D eigenvalue weighted by molar-refractivity contribution is 5.82. The summed E-state index contributed by atoms with van der Waals surface area (Å²) in [7, 11) is 0. The monoisotopic (exact) mass is 260 g/mol. The van der Waals surface area contributed by atoms with Gasteiger partial charge in [0.1, 0.15) is 12.2 Å². The van der Waals surface area contributed by atoms with E-state index in [0.717, 1.165) is 29.7 Å². The normalized spacial score (nSPS) is 11.3. The third-order valence-corrected chi connectivity index (χ3v) is 2.91. The number of pyridine rings is 1.